The third kappa shape index (κ3) is 3.53. The summed E-state index contributed by atoms with van der Waals surface area (Å²) in [5.41, 5.74) is 5.94. The van der Waals surface area contributed by atoms with Crippen molar-refractivity contribution in [1.29, 1.82) is 0 Å². The van der Waals surface area contributed by atoms with E-state index in [1.165, 1.54) is 97.7 Å². The van der Waals surface area contributed by atoms with Crippen LogP contribution in [-0.2, 0) is 0 Å². The molecule has 11 aromatic rings. The molecular formula is C47H27N. The smallest absolute Gasteiger partial charge is 0.0702 e. The molecule has 11 rings (SSSR count). The van der Waals surface area contributed by atoms with E-state index in [4.69, 9.17) is 0 Å². The van der Waals surface area contributed by atoms with Crippen molar-refractivity contribution in [2.75, 3.05) is 0 Å². The van der Waals surface area contributed by atoms with Crippen LogP contribution in [0.1, 0.15) is 0 Å². The Balaban J connectivity index is 1.28. The molecule has 0 N–H and O–H groups in total. The van der Waals surface area contributed by atoms with Gasteiger partial charge in [-0.3, -0.25) is 4.98 Å². The van der Waals surface area contributed by atoms with Crippen molar-refractivity contribution >= 4 is 86.3 Å². The van der Waals surface area contributed by atoms with E-state index in [9.17, 15) is 0 Å². The fourth-order valence-corrected chi connectivity index (χ4v) is 8.49. The van der Waals surface area contributed by atoms with Gasteiger partial charge in [0.2, 0.25) is 0 Å². The third-order valence-corrected chi connectivity index (χ3v) is 10.6. The Hall–Kier alpha value is -6.31. The Kier molecular flexibility index (Phi) is 5.17. The highest BCUT2D eigenvalue weighted by Gasteiger charge is 2.17. The first kappa shape index (κ1) is 25.8. The quantitative estimate of drug-likeness (QED) is 0.179. The van der Waals surface area contributed by atoms with Crippen molar-refractivity contribution < 1.29 is 0 Å². The Morgan fingerprint density at radius 1 is 0.292 bits per heavy atom. The van der Waals surface area contributed by atoms with Gasteiger partial charge in [0, 0.05) is 11.6 Å². The first-order valence-electron chi connectivity index (χ1n) is 16.6. The topological polar surface area (TPSA) is 12.9 Å². The second-order valence-corrected chi connectivity index (χ2v) is 13.1. The molecule has 0 amide bonds. The summed E-state index contributed by atoms with van der Waals surface area (Å²) in [4.78, 5) is 4.55. The summed E-state index contributed by atoms with van der Waals surface area (Å²) in [6.45, 7) is 0. The molecule has 0 aliphatic heterocycles. The molecule has 0 aliphatic carbocycles. The molecule has 0 atom stereocenters. The average molecular weight is 606 g/mol. The summed E-state index contributed by atoms with van der Waals surface area (Å²) < 4.78 is 0. The average Bonchev–Trinajstić information content (AvgIpc) is 3.15. The minimum Gasteiger partial charge on any atom is -0.256 e. The molecule has 0 spiro atoms. The molecule has 220 valence electrons. The molecular weight excluding hydrogens is 579 g/mol. The molecule has 0 saturated carbocycles. The molecule has 1 heteroatoms. The number of pyridine rings is 1. The molecule has 1 aromatic heterocycles. The highest BCUT2D eigenvalue weighted by molar-refractivity contribution is 6.37. The van der Waals surface area contributed by atoms with Gasteiger partial charge in [-0.15, -0.1) is 0 Å². The van der Waals surface area contributed by atoms with Gasteiger partial charge in [0.15, 0.2) is 0 Å². The van der Waals surface area contributed by atoms with Gasteiger partial charge >= 0.3 is 0 Å². The summed E-state index contributed by atoms with van der Waals surface area (Å²) in [6, 6.07) is 58.7. The van der Waals surface area contributed by atoms with E-state index >= 15 is 0 Å². The Labute approximate surface area is 276 Å². The zero-order valence-corrected chi connectivity index (χ0v) is 26.0. The van der Waals surface area contributed by atoms with Crippen molar-refractivity contribution in [2.24, 2.45) is 0 Å². The summed E-state index contributed by atoms with van der Waals surface area (Å²) in [5.74, 6) is 0. The normalized spacial score (nSPS) is 12.2. The van der Waals surface area contributed by atoms with Gasteiger partial charge in [-0.05, 0) is 128 Å². The number of hydrogen-bond donors (Lipinski definition) is 0. The molecule has 1 nitrogen and oxygen atoms in total. The molecule has 10 aromatic carbocycles. The summed E-state index contributed by atoms with van der Waals surface area (Å²) in [7, 11) is 0. The summed E-state index contributed by atoms with van der Waals surface area (Å²) in [5, 5.41) is 19.3. The van der Waals surface area contributed by atoms with Gasteiger partial charge in [0.05, 0.1) is 5.52 Å². The Bertz CT molecular complexity index is 3110. The zero-order chi connectivity index (χ0) is 31.3. The van der Waals surface area contributed by atoms with E-state index in [0.29, 0.717) is 0 Å². The molecule has 48 heavy (non-hydrogen) atoms. The van der Waals surface area contributed by atoms with Crippen molar-refractivity contribution in [3.05, 3.63) is 164 Å². The lowest BCUT2D eigenvalue weighted by Crippen LogP contribution is -1.90. The van der Waals surface area contributed by atoms with Gasteiger partial charge < -0.3 is 0 Å². The Morgan fingerprint density at radius 2 is 0.792 bits per heavy atom. The van der Waals surface area contributed by atoms with Crippen LogP contribution in [0.5, 0.6) is 0 Å². The monoisotopic (exact) mass is 605 g/mol. The van der Waals surface area contributed by atoms with Crippen LogP contribution in [-0.4, -0.2) is 4.98 Å². The van der Waals surface area contributed by atoms with E-state index in [0.717, 1.165) is 10.9 Å². The van der Waals surface area contributed by atoms with Gasteiger partial charge in [0.1, 0.15) is 0 Å². The zero-order valence-electron chi connectivity index (χ0n) is 26.0. The predicted octanol–water partition coefficient (Wildman–Crippen LogP) is 13.1. The van der Waals surface area contributed by atoms with Crippen molar-refractivity contribution in [1.82, 2.24) is 4.98 Å². The second kappa shape index (κ2) is 9.61. The first-order chi connectivity index (χ1) is 23.8. The van der Waals surface area contributed by atoms with Crippen LogP contribution in [0.4, 0.5) is 0 Å². The fourth-order valence-electron chi connectivity index (χ4n) is 8.49. The minimum atomic E-state index is 1.02. The van der Waals surface area contributed by atoms with E-state index in [1.54, 1.807) is 0 Å². The van der Waals surface area contributed by atoms with Gasteiger partial charge in [-0.2, -0.15) is 0 Å². The number of aromatic nitrogens is 1. The van der Waals surface area contributed by atoms with Crippen LogP contribution in [0.15, 0.2) is 164 Å². The van der Waals surface area contributed by atoms with Crippen molar-refractivity contribution in [3.63, 3.8) is 0 Å². The van der Waals surface area contributed by atoms with E-state index in [-0.39, 0.29) is 0 Å². The number of rotatable bonds is 2. The molecule has 1 heterocycles. The van der Waals surface area contributed by atoms with E-state index < -0.39 is 0 Å². The minimum absolute atomic E-state index is 1.02. The number of nitrogens with zero attached hydrogens (tertiary/aromatic N) is 1. The van der Waals surface area contributed by atoms with Crippen LogP contribution < -0.4 is 0 Å². The SMILES string of the molecule is c1cnc2ccc(-c3ccc(-c4cc5ccc6cccc7c8cccc9ccc%10cccc(c(c4)c5c67)c%10c98)c4ccccc34)cc2c1. The molecule has 0 fully saturated rings. The van der Waals surface area contributed by atoms with Crippen LogP contribution in [0.3, 0.4) is 0 Å². The largest absolute Gasteiger partial charge is 0.256 e. The highest BCUT2D eigenvalue weighted by Crippen LogP contribution is 2.45. The lowest BCUT2D eigenvalue weighted by atomic mass is 9.85. The maximum atomic E-state index is 4.55. The number of benzene rings is 9. The second-order valence-electron chi connectivity index (χ2n) is 13.1. The number of hydrogen-bond acceptors (Lipinski definition) is 1. The van der Waals surface area contributed by atoms with Gasteiger partial charge in [0.25, 0.3) is 0 Å². The van der Waals surface area contributed by atoms with Gasteiger partial charge in [-0.1, -0.05) is 127 Å². The van der Waals surface area contributed by atoms with Crippen LogP contribution in [0, 0.1) is 0 Å². The van der Waals surface area contributed by atoms with Crippen LogP contribution in [0.2, 0.25) is 0 Å². The maximum absolute atomic E-state index is 4.55. The van der Waals surface area contributed by atoms with Gasteiger partial charge in [-0.25, -0.2) is 0 Å². The first-order valence-corrected chi connectivity index (χ1v) is 16.6. The van der Waals surface area contributed by atoms with E-state index in [2.05, 4.69) is 157 Å². The maximum Gasteiger partial charge on any atom is 0.0702 e. The summed E-state index contributed by atoms with van der Waals surface area (Å²) in [6.07, 6.45) is 1.86. The van der Waals surface area contributed by atoms with E-state index in [1.807, 2.05) is 12.3 Å². The molecule has 0 radical (unpaired) electrons. The van der Waals surface area contributed by atoms with Crippen LogP contribution >= 0.6 is 0 Å². The Morgan fingerprint density at radius 3 is 1.44 bits per heavy atom. The van der Waals surface area contributed by atoms with Crippen molar-refractivity contribution in [3.8, 4) is 22.3 Å². The standard InChI is InChI=1S/C47H27N/c1-2-12-38-36(22-21-35(37(38)11-1)31-20-23-43-32(25-31)10-6-24-48-43)34-26-33-19-18-30-8-4-14-40-39-13-3-7-28-16-17-29-9-5-15-41(46(29)44(28)39)42(27-34)47(33)45(30)40/h1-27H. The van der Waals surface area contributed by atoms with Crippen molar-refractivity contribution in [2.45, 2.75) is 0 Å². The number of fused-ring (bicyclic) bond motifs is 4. The highest BCUT2D eigenvalue weighted by atomic mass is 14.6. The fraction of sp³-hybridized carbons (Fsp3) is 0. The molecule has 0 saturated heterocycles. The molecule has 0 unspecified atom stereocenters. The summed E-state index contributed by atoms with van der Waals surface area (Å²) >= 11 is 0. The third-order valence-electron chi connectivity index (χ3n) is 10.6. The molecule has 0 bridgehead atoms. The van der Waals surface area contributed by atoms with Crippen LogP contribution in [0.25, 0.3) is 109 Å². The predicted molar refractivity (Wildman–Crippen MR) is 206 cm³/mol. The lowest BCUT2D eigenvalue weighted by molar-refractivity contribution is 1.41. The molecule has 0 aliphatic rings. The lowest BCUT2D eigenvalue weighted by Gasteiger charge is -2.18.